The number of hydrogen-bond acceptors (Lipinski definition) is 5. The van der Waals surface area contributed by atoms with E-state index in [4.69, 9.17) is 0 Å². The summed E-state index contributed by atoms with van der Waals surface area (Å²) in [6.45, 7) is 3.74. The number of nitrogens with zero attached hydrogens (tertiary/aromatic N) is 2. The fourth-order valence-corrected chi connectivity index (χ4v) is 0.235. The molecule has 0 spiro atoms. The summed E-state index contributed by atoms with van der Waals surface area (Å²) in [5, 5.41) is 17.1. The van der Waals surface area contributed by atoms with Gasteiger partial charge in [0.2, 0.25) is 0 Å². The lowest BCUT2D eigenvalue weighted by molar-refractivity contribution is -0.756. The molecule has 72 valence electrons. The molecule has 0 saturated heterocycles. The monoisotopic (exact) mass is 181 g/mol. The van der Waals surface area contributed by atoms with Crippen LogP contribution >= 0.6 is 0 Å². The summed E-state index contributed by atoms with van der Waals surface area (Å²) in [5.41, 5.74) is 1.93. The van der Waals surface area contributed by atoms with E-state index in [9.17, 15) is 20.2 Å². The van der Waals surface area contributed by atoms with E-state index in [1.54, 1.807) is 13.8 Å². The average molecular weight is 181 g/mol. The normalized spacial score (nSPS) is 7.50. The predicted octanol–water partition coefficient (Wildman–Crippen LogP) is 0.00220. The van der Waals surface area contributed by atoms with Crippen molar-refractivity contribution in [3.63, 3.8) is 0 Å². The van der Waals surface area contributed by atoms with Crippen LogP contribution in [0.3, 0.4) is 0 Å². The lowest BCUT2D eigenvalue weighted by atomic mass is 10.8. The summed E-state index contributed by atoms with van der Waals surface area (Å²) in [5.74, 6) is 0. The zero-order valence-corrected chi connectivity index (χ0v) is 6.85. The molecule has 12 heavy (non-hydrogen) atoms. The molecular formula is C4H11N3O5. The maximum Gasteiger partial charge on any atom is 0.294 e. The van der Waals surface area contributed by atoms with Gasteiger partial charge in [0.15, 0.2) is 5.03 Å². The minimum atomic E-state index is -0.819. The van der Waals surface area contributed by atoms with Crippen molar-refractivity contribution in [2.75, 3.05) is 13.2 Å². The Morgan fingerprint density at radius 3 is 1.83 bits per heavy atom. The van der Waals surface area contributed by atoms with Gasteiger partial charge in [-0.1, -0.05) is 0 Å². The second-order valence-corrected chi connectivity index (χ2v) is 1.41. The highest BCUT2D eigenvalue weighted by Crippen LogP contribution is 1.67. The molecule has 0 bridgehead atoms. The second kappa shape index (κ2) is 9.40. The first-order valence-electron chi connectivity index (χ1n) is 3.19. The summed E-state index contributed by atoms with van der Waals surface area (Å²) >= 11 is 0. The van der Waals surface area contributed by atoms with Crippen LogP contribution in [0.15, 0.2) is 0 Å². The van der Waals surface area contributed by atoms with Gasteiger partial charge in [-0.3, -0.25) is 0 Å². The summed E-state index contributed by atoms with van der Waals surface area (Å²) in [7, 11) is 0. The summed E-state index contributed by atoms with van der Waals surface area (Å²) in [6, 6.07) is 0. The molecule has 8 nitrogen and oxygen atoms in total. The highest BCUT2D eigenvalue weighted by molar-refractivity contribution is 4.11. The van der Waals surface area contributed by atoms with E-state index < -0.39 is 10.1 Å². The Labute approximate surface area is 68.7 Å². The Bertz CT molecular complexity index is 123. The Morgan fingerprint density at radius 2 is 1.83 bits per heavy atom. The summed E-state index contributed by atoms with van der Waals surface area (Å²) in [4.78, 5) is 22.2. The first-order chi connectivity index (χ1) is 5.54. The number of hydrazine groups is 1. The molecule has 0 aliphatic heterocycles. The van der Waals surface area contributed by atoms with Crippen molar-refractivity contribution < 1.29 is 15.0 Å². The summed E-state index contributed by atoms with van der Waals surface area (Å²) < 4.78 is 0. The topological polar surface area (TPSA) is 108 Å². The molecule has 0 rings (SSSR count). The lowest BCUT2D eigenvalue weighted by Gasteiger charge is -1.83. The van der Waals surface area contributed by atoms with Crippen molar-refractivity contribution in [2.45, 2.75) is 13.8 Å². The van der Waals surface area contributed by atoms with Crippen molar-refractivity contribution in [3.8, 4) is 0 Å². The third-order valence-corrected chi connectivity index (χ3v) is 0.522. The van der Waals surface area contributed by atoms with Crippen LogP contribution < -0.4 is 5.43 Å². The maximum absolute atomic E-state index is 9.29. The zero-order chi connectivity index (χ0) is 9.98. The third kappa shape index (κ3) is 23.8. The highest BCUT2D eigenvalue weighted by atomic mass is 16.9. The van der Waals surface area contributed by atoms with Crippen LogP contribution in [0.2, 0.25) is 0 Å². The van der Waals surface area contributed by atoms with Crippen LogP contribution in [0.4, 0.5) is 0 Å². The van der Waals surface area contributed by atoms with Crippen molar-refractivity contribution in [1.82, 2.24) is 5.43 Å². The number of rotatable bonds is 4. The first kappa shape index (κ1) is 13.0. The SMILES string of the molecule is CCN[N+](=O)[O-].CCO[N+](=O)[O-]. The van der Waals surface area contributed by atoms with E-state index in [-0.39, 0.29) is 6.61 Å². The zero-order valence-electron chi connectivity index (χ0n) is 6.85. The fourth-order valence-electron chi connectivity index (χ4n) is 0.235. The van der Waals surface area contributed by atoms with Crippen molar-refractivity contribution in [3.05, 3.63) is 20.2 Å². The molecule has 0 aromatic carbocycles. The Kier molecular flexibility index (Phi) is 10.2. The van der Waals surface area contributed by atoms with E-state index in [1.165, 1.54) is 0 Å². The van der Waals surface area contributed by atoms with Gasteiger partial charge in [0.1, 0.15) is 0 Å². The molecule has 0 saturated carbocycles. The molecule has 0 fully saturated rings. The van der Waals surface area contributed by atoms with E-state index in [0.717, 1.165) is 0 Å². The van der Waals surface area contributed by atoms with E-state index >= 15 is 0 Å². The van der Waals surface area contributed by atoms with E-state index in [2.05, 4.69) is 4.84 Å². The minimum Gasteiger partial charge on any atom is -0.314 e. The smallest absolute Gasteiger partial charge is 0.294 e. The summed E-state index contributed by atoms with van der Waals surface area (Å²) in [6.07, 6.45) is 0. The molecule has 0 atom stereocenters. The number of nitrogens with one attached hydrogen (secondary N) is 1. The van der Waals surface area contributed by atoms with Gasteiger partial charge in [0.25, 0.3) is 5.09 Å². The van der Waals surface area contributed by atoms with Gasteiger partial charge in [-0.25, -0.2) is 10.1 Å². The van der Waals surface area contributed by atoms with E-state index in [1.807, 2.05) is 5.43 Å². The molecule has 0 unspecified atom stereocenters. The van der Waals surface area contributed by atoms with Crippen molar-refractivity contribution in [1.29, 1.82) is 0 Å². The first-order valence-corrected chi connectivity index (χ1v) is 3.19. The fraction of sp³-hybridized carbons (Fsp3) is 1.00. The van der Waals surface area contributed by atoms with Crippen molar-refractivity contribution >= 4 is 0 Å². The van der Waals surface area contributed by atoms with Crippen LogP contribution in [0.25, 0.3) is 0 Å². The van der Waals surface area contributed by atoms with Crippen molar-refractivity contribution in [2.24, 2.45) is 0 Å². The van der Waals surface area contributed by atoms with Crippen LogP contribution in [0.1, 0.15) is 13.8 Å². The predicted molar refractivity (Wildman–Crippen MR) is 39.3 cm³/mol. The number of nitro groups is 1. The number of hydrogen-bond donors (Lipinski definition) is 1. The standard InChI is InChI=1S/C2H6N2O2.C2H5NO3/c1-2-3-4(5)6;1-2-6-3(4)5/h3H,2H2,1H3;2H2,1H3. The lowest BCUT2D eigenvalue weighted by Crippen LogP contribution is -2.19. The molecule has 0 aromatic heterocycles. The Balaban J connectivity index is 0. The molecular weight excluding hydrogens is 170 g/mol. The molecule has 0 amide bonds. The van der Waals surface area contributed by atoms with Gasteiger partial charge in [-0.2, -0.15) is 0 Å². The third-order valence-electron chi connectivity index (χ3n) is 0.522. The van der Waals surface area contributed by atoms with Gasteiger partial charge in [-0.05, 0) is 13.8 Å². The van der Waals surface area contributed by atoms with Gasteiger partial charge >= 0.3 is 0 Å². The van der Waals surface area contributed by atoms with Gasteiger partial charge in [0.05, 0.1) is 13.2 Å². The Hall–Kier alpha value is -1.60. The maximum atomic E-state index is 9.29. The average Bonchev–Trinajstić information content (AvgIpc) is 1.87. The largest absolute Gasteiger partial charge is 0.314 e. The molecule has 8 heteroatoms. The van der Waals surface area contributed by atoms with Crippen LogP contribution in [-0.2, 0) is 4.84 Å². The van der Waals surface area contributed by atoms with Gasteiger partial charge < -0.3 is 4.84 Å². The molecule has 1 N–H and O–H groups in total. The molecule has 0 aliphatic carbocycles. The highest BCUT2D eigenvalue weighted by Gasteiger charge is 1.83. The molecule has 0 heterocycles. The van der Waals surface area contributed by atoms with Gasteiger partial charge in [0, 0.05) is 0 Å². The van der Waals surface area contributed by atoms with Gasteiger partial charge in [-0.15, -0.1) is 15.5 Å². The second-order valence-electron chi connectivity index (χ2n) is 1.41. The van der Waals surface area contributed by atoms with Crippen LogP contribution in [-0.4, -0.2) is 23.3 Å². The molecule has 0 aliphatic rings. The quantitative estimate of drug-likeness (QED) is 0.483. The van der Waals surface area contributed by atoms with Crippen LogP contribution in [0.5, 0.6) is 0 Å². The van der Waals surface area contributed by atoms with Crippen LogP contribution in [0, 0.1) is 20.2 Å². The Morgan fingerprint density at radius 1 is 1.33 bits per heavy atom. The molecule has 0 radical (unpaired) electrons. The van der Waals surface area contributed by atoms with E-state index in [0.29, 0.717) is 6.54 Å². The minimum absolute atomic E-state index is 0.132. The molecule has 0 aromatic rings.